The van der Waals surface area contributed by atoms with E-state index in [1.54, 1.807) is 18.2 Å². The maximum Gasteiger partial charge on any atom is 0.322 e. The molecule has 0 bridgehead atoms. The van der Waals surface area contributed by atoms with Crippen molar-refractivity contribution in [1.29, 1.82) is 0 Å². The zero-order valence-electron chi connectivity index (χ0n) is 13.0. The number of nitrogens with zero attached hydrogens (tertiary/aromatic N) is 1. The van der Waals surface area contributed by atoms with E-state index in [1.165, 1.54) is 17.0 Å². The number of thiocarbonyl (C=S) groups is 1. The van der Waals surface area contributed by atoms with Crippen LogP contribution in [0.15, 0.2) is 29.2 Å². The highest BCUT2D eigenvalue weighted by Gasteiger charge is 2.31. The van der Waals surface area contributed by atoms with Crippen molar-refractivity contribution >= 4 is 52.2 Å². The van der Waals surface area contributed by atoms with Crippen LogP contribution in [0, 0.1) is 5.82 Å². The standard InChI is InChI=1S/C16H15FN2O4S2/c17-11-5-2-1-4-10(11)8-12-15(23)19(16(24)25-12)7-3-6-13(20)18-9-14(21)22/h1-2,4-5,8H,3,6-7,9H2,(H,18,20)(H,21,22)/b12-8-. The fourth-order valence-corrected chi connectivity index (χ4v) is 3.39. The minimum absolute atomic E-state index is 0.0801. The molecule has 1 aromatic rings. The number of nitrogens with one attached hydrogen (secondary N) is 1. The van der Waals surface area contributed by atoms with E-state index in [9.17, 15) is 18.8 Å². The van der Waals surface area contributed by atoms with E-state index in [0.29, 0.717) is 21.2 Å². The molecule has 1 aliphatic heterocycles. The van der Waals surface area contributed by atoms with E-state index in [4.69, 9.17) is 17.3 Å². The fraction of sp³-hybridized carbons (Fsp3) is 0.250. The summed E-state index contributed by atoms with van der Waals surface area (Å²) in [4.78, 5) is 35.9. The van der Waals surface area contributed by atoms with Gasteiger partial charge in [0.05, 0.1) is 4.91 Å². The highest BCUT2D eigenvalue weighted by molar-refractivity contribution is 8.26. The molecule has 1 fully saturated rings. The summed E-state index contributed by atoms with van der Waals surface area (Å²) < 4.78 is 14.0. The quantitative estimate of drug-likeness (QED) is 0.554. The Bertz CT molecular complexity index is 751. The van der Waals surface area contributed by atoms with Gasteiger partial charge in [-0.1, -0.05) is 42.2 Å². The topological polar surface area (TPSA) is 86.7 Å². The van der Waals surface area contributed by atoms with Gasteiger partial charge in [-0.2, -0.15) is 0 Å². The number of hydrogen-bond acceptors (Lipinski definition) is 5. The van der Waals surface area contributed by atoms with Crippen molar-refractivity contribution in [3.63, 3.8) is 0 Å². The smallest absolute Gasteiger partial charge is 0.322 e. The maximum atomic E-state index is 13.7. The van der Waals surface area contributed by atoms with Crippen LogP contribution < -0.4 is 5.32 Å². The lowest BCUT2D eigenvalue weighted by atomic mass is 10.2. The first-order valence-electron chi connectivity index (χ1n) is 7.37. The monoisotopic (exact) mass is 382 g/mol. The Morgan fingerprint density at radius 2 is 2.08 bits per heavy atom. The third-order valence-electron chi connectivity index (χ3n) is 3.29. The Balaban J connectivity index is 1.92. The van der Waals surface area contributed by atoms with Crippen LogP contribution in [0.5, 0.6) is 0 Å². The first-order chi connectivity index (χ1) is 11.9. The van der Waals surface area contributed by atoms with Crippen LogP contribution in [-0.2, 0) is 14.4 Å². The Morgan fingerprint density at radius 3 is 2.76 bits per heavy atom. The largest absolute Gasteiger partial charge is 0.480 e. The van der Waals surface area contributed by atoms with E-state index in [0.717, 1.165) is 11.8 Å². The number of halogens is 1. The Labute approximate surface area is 153 Å². The normalized spacial score (nSPS) is 15.7. The number of carbonyl (C=O) groups excluding carboxylic acids is 2. The van der Waals surface area contributed by atoms with Gasteiger partial charge < -0.3 is 10.4 Å². The van der Waals surface area contributed by atoms with Crippen LogP contribution in [0.1, 0.15) is 18.4 Å². The summed E-state index contributed by atoms with van der Waals surface area (Å²) in [5.41, 5.74) is 0.302. The number of carboxylic acids is 1. The molecule has 1 aliphatic rings. The zero-order valence-corrected chi connectivity index (χ0v) is 14.7. The summed E-state index contributed by atoms with van der Waals surface area (Å²) in [6.07, 6.45) is 1.87. The number of hydrogen-bond donors (Lipinski definition) is 2. The molecule has 0 saturated carbocycles. The average Bonchev–Trinajstić information content (AvgIpc) is 2.82. The molecule has 1 saturated heterocycles. The molecule has 2 N–H and O–H groups in total. The molecular weight excluding hydrogens is 367 g/mol. The SMILES string of the molecule is O=C(O)CNC(=O)CCCN1C(=O)/C(=C/c2ccccc2F)SC1=S. The van der Waals surface area contributed by atoms with Crippen LogP contribution in [0.2, 0.25) is 0 Å². The first-order valence-corrected chi connectivity index (χ1v) is 8.59. The molecule has 2 rings (SSSR count). The molecule has 132 valence electrons. The molecule has 0 spiro atoms. The fourth-order valence-electron chi connectivity index (χ4n) is 2.09. The Kier molecular flexibility index (Phi) is 6.65. The van der Waals surface area contributed by atoms with Crippen molar-refractivity contribution in [2.75, 3.05) is 13.1 Å². The van der Waals surface area contributed by atoms with E-state index in [1.807, 2.05) is 0 Å². The van der Waals surface area contributed by atoms with Crippen LogP contribution in [0.25, 0.3) is 6.08 Å². The number of benzene rings is 1. The van der Waals surface area contributed by atoms with Gasteiger partial charge in [0.1, 0.15) is 16.7 Å². The summed E-state index contributed by atoms with van der Waals surface area (Å²) in [6, 6.07) is 6.11. The summed E-state index contributed by atoms with van der Waals surface area (Å²) in [7, 11) is 0. The molecule has 0 aromatic heterocycles. The van der Waals surface area contributed by atoms with Gasteiger partial charge in [0.2, 0.25) is 5.91 Å². The molecule has 0 radical (unpaired) electrons. The highest BCUT2D eigenvalue weighted by atomic mass is 32.2. The Hall–Kier alpha value is -2.26. The van der Waals surface area contributed by atoms with Crippen molar-refractivity contribution < 1.29 is 23.9 Å². The highest BCUT2D eigenvalue weighted by Crippen LogP contribution is 2.33. The lowest BCUT2D eigenvalue weighted by molar-refractivity contribution is -0.137. The van der Waals surface area contributed by atoms with Crippen molar-refractivity contribution in [3.8, 4) is 0 Å². The minimum Gasteiger partial charge on any atom is -0.480 e. The lowest BCUT2D eigenvalue weighted by Crippen LogP contribution is -2.32. The van der Waals surface area contributed by atoms with Gasteiger partial charge in [-0.25, -0.2) is 4.39 Å². The molecular formula is C16H15FN2O4S2. The number of carbonyl (C=O) groups is 3. The molecule has 0 unspecified atom stereocenters. The van der Waals surface area contributed by atoms with Crippen molar-refractivity contribution in [1.82, 2.24) is 10.2 Å². The van der Waals surface area contributed by atoms with Gasteiger partial charge in [-0.15, -0.1) is 0 Å². The number of thioether (sulfide) groups is 1. The Morgan fingerprint density at radius 1 is 1.36 bits per heavy atom. The van der Waals surface area contributed by atoms with Crippen molar-refractivity contribution in [3.05, 3.63) is 40.6 Å². The minimum atomic E-state index is -1.12. The molecule has 0 atom stereocenters. The predicted molar refractivity (Wildman–Crippen MR) is 96.2 cm³/mol. The summed E-state index contributed by atoms with van der Waals surface area (Å²) >= 11 is 6.25. The number of aliphatic carboxylic acids is 1. The summed E-state index contributed by atoms with van der Waals surface area (Å²) in [6.45, 7) is -0.203. The van der Waals surface area contributed by atoms with Gasteiger partial charge in [-0.05, 0) is 18.6 Å². The van der Waals surface area contributed by atoms with E-state index < -0.39 is 24.2 Å². The van der Waals surface area contributed by atoms with Gasteiger partial charge in [0, 0.05) is 18.5 Å². The zero-order chi connectivity index (χ0) is 18.4. The number of carboxylic acid groups (broad SMARTS) is 1. The lowest BCUT2D eigenvalue weighted by Gasteiger charge is -2.13. The van der Waals surface area contributed by atoms with Crippen molar-refractivity contribution in [2.45, 2.75) is 12.8 Å². The molecule has 6 nitrogen and oxygen atoms in total. The van der Waals surface area contributed by atoms with E-state index >= 15 is 0 Å². The third kappa shape index (κ3) is 5.36. The van der Waals surface area contributed by atoms with Gasteiger partial charge in [0.25, 0.3) is 5.91 Å². The number of amides is 2. The van der Waals surface area contributed by atoms with Crippen LogP contribution in [0.3, 0.4) is 0 Å². The molecule has 1 heterocycles. The third-order valence-corrected chi connectivity index (χ3v) is 4.67. The van der Waals surface area contributed by atoms with Gasteiger partial charge in [0.15, 0.2) is 0 Å². The van der Waals surface area contributed by atoms with Crippen LogP contribution in [-0.4, -0.2) is 45.2 Å². The summed E-state index contributed by atoms with van der Waals surface area (Å²) in [5.74, 6) is -2.29. The van der Waals surface area contributed by atoms with Crippen LogP contribution >= 0.6 is 24.0 Å². The number of rotatable bonds is 7. The molecule has 9 heteroatoms. The van der Waals surface area contributed by atoms with E-state index in [2.05, 4.69) is 5.32 Å². The van der Waals surface area contributed by atoms with E-state index in [-0.39, 0.29) is 18.9 Å². The molecule has 2 amide bonds. The average molecular weight is 382 g/mol. The second kappa shape index (κ2) is 8.72. The molecule has 25 heavy (non-hydrogen) atoms. The van der Waals surface area contributed by atoms with Gasteiger partial charge in [-0.3, -0.25) is 19.3 Å². The van der Waals surface area contributed by atoms with Crippen LogP contribution in [0.4, 0.5) is 4.39 Å². The summed E-state index contributed by atoms with van der Waals surface area (Å²) in [5, 5.41) is 10.7. The maximum absolute atomic E-state index is 13.7. The second-order valence-corrected chi connectivity index (χ2v) is 6.80. The predicted octanol–water partition coefficient (Wildman–Crippen LogP) is 2.01. The van der Waals surface area contributed by atoms with Crippen molar-refractivity contribution in [2.24, 2.45) is 0 Å². The van der Waals surface area contributed by atoms with Gasteiger partial charge >= 0.3 is 5.97 Å². The first kappa shape index (κ1) is 19.1. The molecule has 0 aliphatic carbocycles. The second-order valence-electron chi connectivity index (χ2n) is 5.13. The molecule has 1 aromatic carbocycles.